The van der Waals surface area contributed by atoms with E-state index in [0.717, 1.165) is 55.9 Å². The predicted molar refractivity (Wildman–Crippen MR) is 414 cm³/mol. The number of pyridine rings is 4. The second-order valence-corrected chi connectivity index (χ2v) is 29.5. The number of carboxylic acid groups (broad SMARTS) is 2. The van der Waals surface area contributed by atoms with Crippen molar-refractivity contribution in [2.75, 3.05) is 31.2 Å². The Morgan fingerprint density at radius 3 is 1.71 bits per heavy atom. The van der Waals surface area contributed by atoms with Crippen molar-refractivity contribution in [1.82, 2.24) is 44.6 Å². The number of ether oxygens (including phenoxy) is 2. The van der Waals surface area contributed by atoms with Crippen molar-refractivity contribution in [3.8, 4) is 22.3 Å². The Labute approximate surface area is 628 Å². The fraction of sp³-hybridized carbons (Fsp3) is 0.388. The molecule has 0 bridgehead atoms. The van der Waals surface area contributed by atoms with E-state index in [1.807, 2.05) is 135 Å². The number of nitrogens with zero attached hydrogens (tertiary/aromatic N) is 7. The number of anilines is 1. The first-order valence-electron chi connectivity index (χ1n) is 37.0. The average molecular weight is 1470 g/mol. The van der Waals surface area contributed by atoms with Crippen LogP contribution in [-0.2, 0) is 51.1 Å². The average Bonchev–Trinajstić information content (AvgIpc) is 0.979. The molecule has 0 saturated carbocycles. The molecule has 10 rings (SSSR count). The van der Waals surface area contributed by atoms with Gasteiger partial charge >= 0.3 is 17.9 Å². The van der Waals surface area contributed by atoms with Crippen LogP contribution in [0.3, 0.4) is 0 Å². The van der Waals surface area contributed by atoms with Gasteiger partial charge in [0.15, 0.2) is 0 Å². The number of morpholine rings is 1. The molecule has 108 heavy (non-hydrogen) atoms. The largest absolute Gasteiger partial charge is 0.481 e. The van der Waals surface area contributed by atoms with Crippen molar-refractivity contribution in [2.24, 2.45) is 17.8 Å². The van der Waals surface area contributed by atoms with Crippen molar-refractivity contribution in [3.05, 3.63) is 245 Å². The minimum atomic E-state index is -1.30. The molecule has 1 aliphatic rings. The third-order valence-electron chi connectivity index (χ3n) is 20.0. The number of carboxylic acids is 2. The summed E-state index contributed by atoms with van der Waals surface area (Å²) in [4.78, 5) is 143. The Hall–Kier alpha value is -11.2. The number of aromatic nitrogens is 6. The number of para-hydroxylation sites is 1. The molecule has 8 atom stereocenters. The van der Waals surface area contributed by atoms with Crippen LogP contribution in [0.15, 0.2) is 173 Å². The Balaban J connectivity index is 0.910. The van der Waals surface area contributed by atoms with Gasteiger partial charge in [-0.2, -0.15) is 0 Å². The first-order valence-corrected chi connectivity index (χ1v) is 37.0. The highest BCUT2D eigenvalue weighted by Crippen LogP contribution is 2.35. The summed E-state index contributed by atoms with van der Waals surface area (Å²) in [7, 11) is 0. The topological polar surface area (TPSA) is 305 Å². The number of benzene rings is 4. The number of hydrogen-bond donors (Lipinski definition) is 5. The maximum atomic E-state index is 15.3. The van der Waals surface area contributed by atoms with E-state index < -0.39 is 102 Å². The summed E-state index contributed by atoms with van der Waals surface area (Å²) in [5, 5.41) is 30.1. The van der Waals surface area contributed by atoms with Crippen LogP contribution in [0.2, 0.25) is 0 Å². The van der Waals surface area contributed by atoms with Gasteiger partial charge < -0.3 is 49.7 Å². The molecule has 3 amide bonds. The fourth-order valence-corrected chi connectivity index (χ4v) is 14.3. The lowest BCUT2D eigenvalue weighted by Gasteiger charge is -2.36. The second-order valence-electron chi connectivity index (χ2n) is 29.5. The van der Waals surface area contributed by atoms with Gasteiger partial charge in [0.2, 0.25) is 17.7 Å². The molecule has 1 saturated heterocycles. The third-order valence-corrected chi connectivity index (χ3v) is 20.0. The summed E-state index contributed by atoms with van der Waals surface area (Å²) in [6.45, 7) is 21.9. The van der Waals surface area contributed by atoms with Gasteiger partial charge in [0, 0.05) is 84.6 Å². The van der Waals surface area contributed by atoms with E-state index in [1.54, 1.807) is 68.7 Å². The van der Waals surface area contributed by atoms with Gasteiger partial charge in [0.05, 0.1) is 73.9 Å². The highest BCUT2D eigenvalue weighted by Gasteiger charge is 2.34. The maximum absolute atomic E-state index is 15.3. The molecule has 6 heterocycles. The first-order chi connectivity index (χ1) is 51.6. The van der Waals surface area contributed by atoms with E-state index in [2.05, 4.69) is 30.8 Å². The Kier molecular flexibility index (Phi) is 26.4. The molecule has 0 radical (unpaired) electrons. The summed E-state index contributed by atoms with van der Waals surface area (Å²) >= 11 is 0. The van der Waals surface area contributed by atoms with Crippen LogP contribution in [0.25, 0.3) is 33.2 Å². The SMILES string of the molecule is CCc1ncc([C@H](CC(=O)OCC(C)CC(C(=O)N[C@@H](CC(=O)O)c2cnc(C)c(-c3ccccc3C)c2)n2ccc(CC3CN(c4cc([C@H](CC(=O)O)NC(=O)[C@H](CC(C)C)n5cnc6ccccc6c5=O)ccc4C)CCO3)cc2=O)NC(=O)C(CC(C)C)n2ccc(C)cc2=O)cc1-c1ccccc1C. The summed E-state index contributed by atoms with van der Waals surface area (Å²) in [5.41, 5.74) is 10.5. The van der Waals surface area contributed by atoms with E-state index >= 15 is 4.79 Å². The van der Waals surface area contributed by atoms with E-state index in [1.165, 1.54) is 44.6 Å². The highest BCUT2D eigenvalue weighted by molar-refractivity contribution is 5.85. The quantitative estimate of drug-likeness (QED) is 0.0245. The van der Waals surface area contributed by atoms with Gasteiger partial charge in [0.25, 0.3) is 16.7 Å². The molecule has 5 aromatic heterocycles. The molecule has 0 aliphatic carbocycles. The molecule has 4 unspecified atom stereocenters. The van der Waals surface area contributed by atoms with Crippen LogP contribution >= 0.6 is 0 Å². The minimum Gasteiger partial charge on any atom is -0.481 e. The van der Waals surface area contributed by atoms with Gasteiger partial charge in [-0.3, -0.25) is 57.7 Å². The first kappa shape index (κ1) is 79.4. The zero-order chi connectivity index (χ0) is 77.6. The predicted octanol–water partition coefficient (Wildman–Crippen LogP) is 12.3. The number of rotatable bonds is 32. The summed E-state index contributed by atoms with van der Waals surface area (Å²) in [6, 6.07) is 31.8. The van der Waals surface area contributed by atoms with E-state index in [0.29, 0.717) is 71.4 Å². The van der Waals surface area contributed by atoms with Crippen LogP contribution in [0.5, 0.6) is 0 Å². The molecular weight excluding hydrogens is 1370 g/mol. The third kappa shape index (κ3) is 19.9. The fourth-order valence-electron chi connectivity index (χ4n) is 14.3. The summed E-state index contributed by atoms with van der Waals surface area (Å²) < 4.78 is 16.5. The Bertz CT molecular complexity index is 4970. The number of esters is 1. The second kappa shape index (κ2) is 35.9. The van der Waals surface area contributed by atoms with E-state index in [-0.39, 0.29) is 55.2 Å². The monoisotopic (exact) mass is 1470 g/mol. The molecule has 23 nitrogen and oxygen atoms in total. The number of nitrogens with one attached hydrogen (secondary N) is 3. The van der Waals surface area contributed by atoms with Crippen LogP contribution in [-0.4, -0.2) is 107 Å². The van der Waals surface area contributed by atoms with Crippen molar-refractivity contribution in [3.63, 3.8) is 0 Å². The maximum Gasteiger partial charge on any atom is 0.308 e. The molecule has 4 aromatic carbocycles. The number of carbonyl (C=O) groups is 6. The lowest BCUT2D eigenvalue weighted by molar-refractivity contribution is -0.146. The number of fused-ring (bicyclic) bond motifs is 1. The lowest BCUT2D eigenvalue weighted by atomic mass is 9.94. The van der Waals surface area contributed by atoms with Crippen molar-refractivity contribution in [1.29, 1.82) is 0 Å². The van der Waals surface area contributed by atoms with Gasteiger partial charge in [-0.15, -0.1) is 0 Å². The van der Waals surface area contributed by atoms with Crippen molar-refractivity contribution < 1.29 is 48.5 Å². The number of amides is 3. The number of aryl methyl sites for hydroxylation is 6. The van der Waals surface area contributed by atoms with Gasteiger partial charge in [-0.25, -0.2) is 4.98 Å². The molecule has 0 spiro atoms. The van der Waals surface area contributed by atoms with Crippen molar-refractivity contribution in [2.45, 2.75) is 170 Å². The van der Waals surface area contributed by atoms with Gasteiger partial charge in [-0.1, -0.05) is 114 Å². The molecule has 5 N–H and O–H groups in total. The molecule has 9 aromatic rings. The molecule has 23 heteroatoms. The van der Waals surface area contributed by atoms with Crippen LogP contribution in [0.1, 0.15) is 172 Å². The summed E-state index contributed by atoms with van der Waals surface area (Å²) in [6.07, 6.45) is 7.23. The van der Waals surface area contributed by atoms with Crippen LogP contribution in [0.4, 0.5) is 5.69 Å². The van der Waals surface area contributed by atoms with Crippen molar-refractivity contribution >= 4 is 52.2 Å². The number of carbonyl (C=O) groups excluding carboxylic acids is 4. The Morgan fingerprint density at radius 1 is 0.565 bits per heavy atom. The Morgan fingerprint density at radius 2 is 1.11 bits per heavy atom. The van der Waals surface area contributed by atoms with Crippen LogP contribution < -0.4 is 37.5 Å². The van der Waals surface area contributed by atoms with E-state index in [4.69, 9.17) is 14.5 Å². The zero-order valence-electron chi connectivity index (χ0n) is 63.3. The molecule has 1 aliphatic heterocycles. The zero-order valence-corrected chi connectivity index (χ0v) is 63.3. The van der Waals surface area contributed by atoms with Crippen LogP contribution in [0, 0.1) is 52.4 Å². The normalized spacial score (nSPS) is 15.0. The molecule has 566 valence electrons. The summed E-state index contributed by atoms with van der Waals surface area (Å²) in [5.74, 6) is -5.40. The van der Waals surface area contributed by atoms with Gasteiger partial charge in [-0.05, 0) is 176 Å². The smallest absolute Gasteiger partial charge is 0.308 e. The number of hydrogen-bond acceptors (Lipinski definition) is 15. The number of aliphatic carboxylic acids is 2. The van der Waals surface area contributed by atoms with Gasteiger partial charge in [0.1, 0.15) is 18.1 Å². The lowest BCUT2D eigenvalue weighted by Crippen LogP contribution is -2.44. The standard InChI is InChI=1S/C85H98N10O13/c1-12-68-67(64-22-16-14-20-55(64)9)40-61(46-87-68)72(91-82(103)74(33-50(2)3)93-29-27-52(6)36-77(93)96)44-81(102)108-48-53(7)35-76(84(105)90-71(43-80(100)101)60-39-66(57(11)86-45-60)63-21-15-13-19-54(63)8)94-30-28-58(38-78(94)97)37-62-47-92(31-32-107-62)73-41-59(26-25-56(73)10)70(42-79(98)99)89-83(104)75(34-51(4)5)95-49-88-69-24-18-17-23-65(69)85(95)106/h13-30,36,38-41,45-46,49-51,53,62,70-72,74-76H,12,31-35,37,42-44,47-48H2,1-11H3,(H,89,104)(H,90,105)(H,91,103)(H,98,99)(H,100,101)/t53?,62?,70-,71-,72-,74?,75-,76?/m0/s1. The highest BCUT2D eigenvalue weighted by atomic mass is 16.5. The molecular formula is C85H98N10O13. The minimum absolute atomic E-state index is 0.00599. The molecule has 1 fully saturated rings. The van der Waals surface area contributed by atoms with E-state index in [9.17, 15) is 48.6 Å².